The SMILES string of the molecule is CC/C=C\C/C=C\C/C=C\C/C=C\C/C=C\CCCC(=O)NCCNP(=O)(OC[C@@H]1O[C@H](n2ccc(N)nc2=O)CS1)Oc1ccc(Cl)cc1. The first-order valence-electron chi connectivity index (χ1n) is 16.9. The second-order valence-corrected chi connectivity index (χ2v) is 14.5. The minimum atomic E-state index is -3.89. The number of aromatic nitrogens is 2. The third-order valence-corrected chi connectivity index (χ3v) is 9.90. The van der Waals surface area contributed by atoms with Gasteiger partial charge in [0.1, 0.15) is 23.2 Å². The zero-order valence-electron chi connectivity index (χ0n) is 28.5. The van der Waals surface area contributed by atoms with Gasteiger partial charge in [0.2, 0.25) is 5.91 Å². The summed E-state index contributed by atoms with van der Waals surface area (Å²) in [5, 5.41) is 6.15. The van der Waals surface area contributed by atoms with Crippen LogP contribution in [0, 0.1) is 0 Å². The Balaban J connectivity index is 1.32. The zero-order valence-corrected chi connectivity index (χ0v) is 31.0. The third kappa shape index (κ3) is 17.0. The molecule has 1 aromatic carbocycles. The number of benzene rings is 1. The molecule has 2 aromatic rings. The van der Waals surface area contributed by atoms with E-state index in [0.29, 0.717) is 22.9 Å². The van der Waals surface area contributed by atoms with Crippen molar-refractivity contribution in [1.29, 1.82) is 0 Å². The number of nitrogens with two attached hydrogens (primary N) is 1. The minimum Gasteiger partial charge on any atom is -0.413 e. The van der Waals surface area contributed by atoms with Crippen molar-refractivity contribution in [1.82, 2.24) is 20.0 Å². The van der Waals surface area contributed by atoms with Crippen molar-refractivity contribution in [3.8, 4) is 5.75 Å². The molecule has 0 aliphatic carbocycles. The number of anilines is 1. The lowest BCUT2D eigenvalue weighted by Gasteiger charge is -2.22. The number of nitrogens with one attached hydrogen (secondary N) is 2. The molecule has 0 radical (unpaired) electrons. The Hall–Kier alpha value is -3.38. The summed E-state index contributed by atoms with van der Waals surface area (Å²) in [6.45, 7) is 2.41. The number of allylic oxidation sites excluding steroid dienone is 10. The summed E-state index contributed by atoms with van der Waals surface area (Å²) in [5.74, 6) is 0.785. The van der Waals surface area contributed by atoms with Crippen LogP contribution in [0.3, 0.4) is 0 Å². The van der Waals surface area contributed by atoms with Gasteiger partial charge in [-0.15, -0.1) is 11.8 Å². The van der Waals surface area contributed by atoms with E-state index in [1.807, 2.05) is 0 Å². The molecule has 1 fully saturated rings. The summed E-state index contributed by atoms with van der Waals surface area (Å²) in [6, 6.07) is 7.90. The summed E-state index contributed by atoms with van der Waals surface area (Å²) in [5.41, 5.74) is 4.54. The standard InChI is InChI=1S/C36H49ClN5O6PS/c1-2-3-4-5-6-7-8-9-10-11-12-13-14-15-16-17-18-19-33(43)39-25-26-40-49(45,48-31-22-20-30(37)21-23-31)46-28-35-47-34(29-50-35)42-27-24-32(38)41-36(42)44/h3-4,6-7,9-10,12-13,15-16,20-24,27,34-35H,2,5,8,11,14,17-19,25-26,28-29H2,1H3,(H,39,43)(H,40,45)(H2,38,41,44)/b4-3-,7-6-,10-9-,13-12-,16-15-/t34-,35+,49?/m0/s1. The van der Waals surface area contributed by atoms with E-state index in [1.165, 1.54) is 28.6 Å². The number of rotatable bonds is 23. The Kier molecular flexibility index (Phi) is 19.6. The van der Waals surface area contributed by atoms with E-state index >= 15 is 0 Å². The van der Waals surface area contributed by atoms with Crippen molar-refractivity contribution in [3.63, 3.8) is 0 Å². The first-order chi connectivity index (χ1) is 24.3. The number of unbranched alkanes of at least 4 members (excludes halogenated alkanes) is 1. The number of nitrogens with zero attached hydrogens (tertiary/aromatic N) is 2. The van der Waals surface area contributed by atoms with E-state index in [4.69, 9.17) is 31.1 Å². The van der Waals surface area contributed by atoms with Crippen LogP contribution in [0.15, 0.2) is 102 Å². The molecule has 14 heteroatoms. The van der Waals surface area contributed by atoms with E-state index in [2.05, 4.69) is 83.1 Å². The zero-order chi connectivity index (χ0) is 35.9. The number of hydrogen-bond donors (Lipinski definition) is 3. The number of carbonyl (C=O) groups is 1. The summed E-state index contributed by atoms with van der Waals surface area (Å²) in [7, 11) is -3.89. The molecule has 1 aliphatic heterocycles. The highest BCUT2D eigenvalue weighted by Crippen LogP contribution is 2.45. The van der Waals surface area contributed by atoms with E-state index in [-0.39, 0.29) is 31.4 Å². The van der Waals surface area contributed by atoms with Gasteiger partial charge in [-0.3, -0.25) is 13.9 Å². The number of thioether (sulfide) groups is 1. The van der Waals surface area contributed by atoms with E-state index in [9.17, 15) is 14.2 Å². The van der Waals surface area contributed by atoms with Gasteiger partial charge in [-0.2, -0.15) is 4.98 Å². The maximum Gasteiger partial charge on any atom is 0.458 e. The molecule has 11 nitrogen and oxygen atoms in total. The van der Waals surface area contributed by atoms with Crippen LogP contribution in [0.25, 0.3) is 0 Å². The molecule has 1 saturated heterocycles. The van der Waals surface area contributed by atoms with Crippen molar-refractivity contribution < 1.29 is 23.1 Å². The molecule has 4 N–H and O–H groups in total. The van der Waals surface area contributed by atoms with Crippen LogP contribution in [0.2, 0.25) is 5.02 Å². The second kappa shape index (κ2) is 23.9. The van der Waals surface area contributed by atoms with Gasteiger partial charge in [0.05, 0.1) is 6.61 Å². The topological polar surface area (TPSA) is 147 Å². The molecule has 2 heterocycles. The Morgan fingerprint density at radius 2 is 1.66 bits per heavy atom. The highest BCUT2D eigenvalue weighted by atomic mass is 35.5. The van der Waals surface area contributed by atoms with Gasteiger partial charge in [-0.25, -0.2) is 14.4 Å². The maximum atomic E-state index is 13.7. The van der Waals surface area contributed by atoms with Crippen LogP contribution in [-0.4, -0.2) is 46.3 Å². The summed E-state index contributed by atoms with van der Waals surface area (Å²) >= 11 is 7.38. The number of nitrogen functional groups attached to an aromatic ring is 1. The number of amides is 1. The normalized spacial score (nSPS) is 17.9. The molecule has 0 bridgehead atoms. The van der Waals surface area contributed by atoms with Crippen LogP contribution in [0.1, 0.15) is 64.5 Å². The van der Waals surface area contributed by atoms with Gasteiger partial charge >= 0.3 is 13.4 Å². The fraction of sp³-hybridized carbons (Fsp3) is 0.417. The predicted octanol–water partition coefficient (Wildman–Crippen LogP) is 7.90. The molecule has 50 heavy (non-hydrogen) atoms. The van der Waals surface area contributed by atoms with Crippen LogP contribution in [-0.2, 0) is 18.6 Å². The largest absolute Gasteiger partial charge is 0.458 e. The molecule has 0 spiro atoms. The Labute approximate surface area is 304 Å². The lowest BCUT2D eigenvalue weighted by molar-refractivity contribution is -0.121. The smallest absolute Gasteiger partial charge is 0.413 e. The molecular weight excluding hydrogens is 697 g/mol. The lowest BCUT2D eigenvalue weighted by atomic mass is 10.2. The first-order valence-corrected chi connectivity index (χ1v) is 19.8. The van der Waals surface area contributed by atoms with Crippen LogP contribution < -0.4 is 26.4 Å². The highest BCUT2D eigenvalue weighted by molar-refractivity contribution is 8.00. The fourth-order valence-electron chi connectivity index (χ4n) is 4.45. The van der Waals surface area contributed by atoms with Gasteiger partial charge in [0, 0.05) is 36.5 Å². The quantitative estimate of drug-likeness (QED) is 0.0583. The van der Waals surface area contributed by atoms with E-state index < -0.39 is 25.1 Å². The van der Waals surface area contributed by atoms with E-state index in [1.54, 1.807) is 24.3 Å². The van der Waals surface area contributed by atoms with Gasteiger partial charge < -0.3 is 20.3 Å². The Bertz CT molecular complexity index is 1560. The van der Waals surface area contributed by atoms with Crippen molar-refractivity contribution in [2.24, 2.45) is 0 Å². The van der Waals surface area contributed by atoms with Crippen molar-refractivity contribution >= 4 is 42.8 Å². The molecule has 1 aromatic heterocycles. The summed E-state index contributed by atoms with van der Waals surface area (Å²) in [4.78, 5) is 28.3. The number of hydrogen-bond acceptors (Lipinski definition) is 9. The first kappa shape index (κ1) is 41.0. The van der Waals surface area contributed by atoms with Crippen LogP contribution in [0.5, 0.6) is 5.75 Å². The van der Waals surface area contributed by atoms with Gasteiger partial charge in [-0.1, -0.05) is 79.3 Å². The van der Waals surface area contributed by atoms with Crippen molar-refractivity contribution in [2.45, 2.75) is 70.0 Å². The van der Waals surface area contributed by atoms with Gasteiger partial charge in [0.15, 0.2) is 0 Å². The lowest BCUT2D eigenvalue weighted by Crippen LogP contribution is -2.32. The average molecular weight is 746 g/mol. The van der Waals surface area contributed by atoms with Gasteiger partial charge in [-0.05, 0) is 75.3 Å². The minimum absolute atomic E-state index is 0.0850. The monoisotopic (exact) mass is 745 g/mol. The molecule has 3 rings (SSSR count). The molecule has 3 atom stereocenters. The second-order valence-electron chi connectivity index (χ2n) is 11.1. The summed E-state index contributed by atoms with van der Waals surface area (Å²) < 4.78 is 32.4. The molecule has 0 saturated carbocycles. The number of carbonyl (C=O) groups excluding carboxylic acids is 1. The highest BCUT2D eigenvalue weighted by Gasteiger charge is 2.33. The fourth-order valence-corrected chi connectivity index (χ4v) is 6.99. The number of halogens is 1. The molecular formula is C36H49ClN5O6PS. The van der Waals surface area contributed by atoms with Crippen molar-refractivity contribution in [2.75, 3.05) is 31.2 Å². The molecule has 1 unspecified atom stereocenters. The third-order valence-electron chi connectivity index (χ3n) is 7.00. The summed E-state index contributed by atoms with van der Waals surface area (Å²) in [6.07, 6.45) is 29.3. The van der Waals surface area contributed by atoms with Crippen LogP contribution in [0.4, 0.5) is 5.82 Å². The van der Waals surface area contributed by atoms with Crippen LogP contribution >= 0.6 is 31.1 Å². The van der Waals surface area contributed by atoms with E-state index in [0.717, 1.165) is 44.9 Å². The average Bonchev–Trinajstić information content (AvgIpc) is 3.57. The molecule has 1 amide bonds. The molecule has 1 aliphatic rings. The number of ether oxygens (including phenoxy) is 1. The van der Waals surface area contributed by atoms with Crippen molar-refractivity contribution in [3.05, 3.63) is 113 Å². The maximum absolute atomic E-state index is 13.7. The Morgan fingerprint density at radius 1 is 1.02 bits per heavy atom. The predicted molar refractivity (Wildman–Crippen MR) is 204 cm³/mol. The van der Waals surface area contributed by atoms with Gasteiger partial charge in [0.25, 0.3) is 0 Å². The Morgan fingerprint density at radius 3 is 2.30 bits per heavy atom. The molecule has 272 valence electrons.